The number of hydrogen-bond donors (Lipinski definition) is 0. The Bertz CT molecular complexity index is 284. The van der Waals surface area contributed by atoms with Crippen LogP contribution in [0.25, 0.3) is 6.08 Å². The first-order chi connectivity index (χ1) is 6.29. The zero-order valence-electron chi connectivity index (χ0n) is 8.64. The fraction of sp³-hybridized carbons (Fsp3) is 0.385. The minimum Gasteiger partial charge on any atom is -0.0985 e. The van der Waals surface area contributed by atoms with Crippen LogP contribution >= 0.6 is 0 Å². The Kier molecular flexibility index (Phi) is 3.75. The molecule has 13 heavy (non-hydrogen) atoms. The first kappa shape index (κ1) is 10.0. The third-order valence-corrected chi connectivity index (χ3v) is 2.51. The average Bonchev–Trinajstić information content (AvgIpc) is 2.16. The zero-order chi connectivity index (χ0) is 9.68. The maximum atomic E-state index is 3.81. The molecule has 0 amide bonds. The molecule has 0 aliphatic rings. The number of aryl methyl sites for hydroxylation is 1. The fourth-order valence-electron chi connectivity index (χ4n) is 1.56. The smallest absolute Gasteiger partial charge is 0.0230 e. The van der Waals surface area contributed by atoms with E-state index < -0.39 is 0 Å². The van der Waals surface area contributed by atoms with Crippen molar-refractivity contribution in [3.8, 4) is 0 Å². The summed E-state index contributed by atoms with van der Waals surface area (Å²) in [7, 11) is 0. The molecule has 0 fully saturated rings. The number of hydrogen-bond acceptors (Lipinski definition) is 0. The Morgan fingerprint density at radius 3 is 2.77 bits per heavy atom. The molecule has 0 aliphatic carbocycles. The molecule has 0 atom stereocenters. The molecule has 0 heterocycles. The van der Waals surface area contributed by atoms with Crippen LogP contribution in [0.2, 0.25) is 0 Å². The maximum absolute atomic E-state index is 3.81. The first-order valence-corrected chi connectivity index (χ1v) is 5.00. The second-order valence-electron chi connectivity index (χ2n) is 3.44. The summed E-state index contributed by atoms with van der Waals surface area (Å²) in [6.07, 6.45) is 5.67. The van der Waals surface area contributed by atoms with Gasteiger partial charge in [-0.1, -0.05) is 44.2 Å². The predicted octanol–water partition coefficient (Wildman–Crippen LogP) is 3.98. The van der Waals surface area contributed by atoms with Crippen molar-refractivity contribution in [1.29, 1.82) is 0 Å². The van der Waals surface area contributed by atoms with Gasteiger partial charge >= 0.3 is 0 Å². The van der Waals surface area contributed by atoms with Crippen molar-refractivity contribution in [3.63, 3.8) is 0 Å². The van der Waals surface area contributed by atoms with Crippen LogP contribution in [0.5, 0.6) is 0 Å². The van der Waals surface area contributed by atoms with E-state index in [-0.39, 0.29) is 0 Å². The number of unbranched alkanes of at least 4 members (excludes halogenated alkanes) is 1. The van der Waals surface area contributed by atoms with Gasteiger partial charge in [0.05, 0.1) is 0 Å². The zero-order valence-corrected chi connectivity index (χ0v) is 8.64. The summed E-state index contributed by atoms with van der Waals surface area (Å²) in [5.74, 6) is 0. The lowest BCUT2D eigenvalue weighted by atomic mass is 9.98. The fourth-order valence-corrected chi connectivity index (χ4v) is 1.56. The molecular weight excluding hydrogens is 156 g/mol. The highest BCUT2D eigenvalue weighted by molar-refractivity contribution is 5.53. The van der Waals surface area contributed by atoms with Crippen LogP contribution in [0.3, 0.4) is 0 Å². The monoisotopic (exact) mass is 174 g/mol. The third-order valence-electron chi connectivity index (χ3n) is 2.51. The highest BCUT2D eigenvalue weighted by Gasteiger charge is 1.99. The molecule has 0 radical (unpaired) electrons. The van der Waals surface area contributed by atoms with Crippen molar-refractivity contribution < 1.29 is 0 Å². The van der Waals surface area contributed by atoms with Gasteiger partial charge < -0.3 is 0 Å². The highest BCUT2D eigenvalue weighted by Crippen LogP contribution is 2.16. The molecule has 0 nitrogen and oxygen atoms in total. The van der Waals surface area contributed by atoms with E-state index in [0.29, 0.717) is 0 Å². The van der Waals surface area contributed by atoms with Gasteiger partial charge in [-0.3, -0.25) is 0 Å². The quantitative estimate of drug-likeness (QED) is 0.647. The lowest BCUT2D eigenvalue weighted by molar-refractivity contribution is 0.791. The molecule has 1 aromatic carbocycles. The van der Waals surface area contributed by atoms with E-state index in [2.05, 4.69) is 38.6 Å². The molecule has 70 valence electrons. The van der Waals surface area contributed by atoms with E-state index >= 15 is 0 Å². The molecule has 0 heteroatoms. The Morgan fingerprint density at radius 1 is 1.38 bits per heavy atom. The lowest BCUT2D eigenvalue weighted by Crippen LogP contribution is -1.91. The Labute approximate surface area is 81.3 Å². The van der Waals surface area contributed by atoms with Crippen LogP contribution in [0, 0.1) is 6.92 Å². The van der Waals surface area contributed by atoms with Crippen molar-refractivity contribution in [2.24, 2.45) is 0 Å². The number of benzene rings is 1. The second-order valence-corrected chi connectivity index (χ2v) is 3.44. The van der Waals surface area contributed by atoms with Crippen molar-refractivity contribution in [3.05, 3.63) is 41.5 Å². The van der Waals surface area contributed by atoms with Crippen molar-refractivity contribution in [1.82, 2.24) is 0 Å². The van der Waals surface area contributed by atoms with E-state index in [9.17, 15) is 0 Å². The lowest BCUT2D eigenvalue weighted by Gasteiger charge is -2.07. The molecule has 0 saturated carbocycles. The van der Waals surface area contributed by atoms with Gasteiger partial charge in [0, 0.05) is 0 Å². The van der Waals surface area contributed by atoms with Gasteiger partial charge in [-0.05, 0) is 36.5 Å². The maximum Gasteiger partial charge on any atom is -0.0230 e. The van der Waals surface area contributed by atoms with Crippen LogP contribution < -0.4 is 0 Å². The van der Waals surface area contributed by atoms with Crippen LogP contribution in [0.4, 0.5) is 0 Å². The van der Waals surface area contributed by atoms with Crippen LogP contribution in [-0.4, -0.2) is 0 Å². The molecule has 0 spiro atoms. The Morgan fingerprint density at radius 2 is 2.15 bits per heavy atom. The van der Waals surface area contributed by atoms with Gasteiger partial charge in [-0.25, -0.2) is 0 Å². The number of rotatable bonds is 4. The molecule has 0 N–H and O–H groups in total. The summed E-state index contributed by atoms with van der Waals surface area (Å²) in [5.41, 5.74) is 4.14. The van der Waals surface area contributed by atoms with E-state index in [1.54, 1.807) is 0 Å². The molecule has 0 aromatic heterocycles. The summed E-state index contributed by atoms with van der Waals surface area (Å²) >= 11 is 0. The molecule has 0 unspecified atom stereocenters. The second kappa shape index (κ2) is 4.86. The van der Waals surface area contributed by atoms with Gasteiger partial charge in [-0.15, -0.1) is 0 Å². The van der Waals surface area contributed by atoms with E-state index in [0.717, 1.165) is 0 Å². The molecule has 1 rings (SSSR count). The van der Waals surface area contributed by atoms with E-state index in [4.69, 9.17) is 0 Å². The summed E-state index contributed by atoms with van der Waals surface area (Å²) in [6, 6.07) is 6.46. The summed E-state index contributed by atoms with van der Waals surface area (Å²) in [6.45, 7) is 8.22. The van der Waals surface area contributed by atoms with Crippen molar-refractivity contribution in [2.45, 2.75) is 33.1 Å². The molecular formula is C13H18. The Balaban J connectivity index is 2.87. The molecule has 0 bridgehead atoms. The molecule has 0 saturated heterocycles. The summed E-state index contributed by atoms with van der Waals surface area (Å²) < 4.78 is 0. The van der Waals surface area contributed by atoms with Gasteiger partial charge in [0.1, 0.15) is 0 Å². The van der Waals surface area contributed by atoms with E-state index in [1.807, 2.05) is 6.08 Å². The van der Waals surface area contributed by atoms with Crippen LogP contribution in [-0.2, 0) is 6.42 Å². The minimum absolute atomic E-state index is 1.20. The van der Waals surface area contributed by atoms with Gasteiger partial charge in [0.25, 0.3) is 0 Å². The topological polar surface area (TPSA) is 0 Å². The average molecular weight is 174 g/mol. The largest absolute Gasteiger partial charge is 0.0985 e. The molecule has 0 aliphatic heterocycles. The van der Waals surface area contributed by atoms with Crippen molar-refractivity contribution in [2.75, 3.05) is 0 Å². The standard InChI is InChI=1S/C13H18/c1-4-6-8-13-10-7-9-12(5-2)11(13)3/h5,7,9-10H,2,4,6,8H2,1,3H3. The van der Waals surface area contributed by atoms with Gasteiger partial charge in [0.15, 0.2) is 0 Å². The predicted molar refractivity (Wildman–Crippen MR) is 59.9 cm³/mol. The highest BCUT2D eigenvalue weighted by atomic mass is 14.0. The third kappa shape index (κ3) is 2.45. The van der Waals surface area contributed by atoms with Crippen molar-refractivity contribution >= 4 is 6.08 Å². The SMILES string of the molecule is C=Cc1cccc(CCCC)c1C. The Hall–Kier alpha value is -1.04. The minimum atomic E-state index is 1.20. The molecule has 1 aromatic rings. The normalized spacial score (nSPS) is 10.0. The van der Waals surface area contributed by atoms with Crippen LogP contribution in [0.1, 0.15) is 36.5 Å². The van der Waals surface area contributed by atoms with Crippen LogP contribution in [0.15, 0.2) is 24.8 Å². The first-order valence-electron chi connectivity index (χ1n) is 5.00. The summed E-state index contributed by atoms with van der Waals surface area (Å²) in [5, 5.41) is 0. The summed E-state index contributed by atoms with van der Waals surface area (Å²) in [4.78, 5) is 0. The van der Waals surface area contributed by atoms with E-state index in [1.165, 1.54) is 36.0 Å². The van der Waals surface area contributed by atoms with Gasteiger partial charge in [0.2, 0.25) is 0 Å². The van der Waals surface area contributed by atoms with Gasteiger partial charge in [-0.2, -0.15) is 0 Å².